The van der Waals surface area contributed by atoms with Crippen molar-refractivity contribution >= 4 is 10.0 Å². The number of rotatable bonds is 4. The van der Waals surface area contributed by atoms with Crippen molar-refractivity contribution in [2.75, 3.05) is 6.54 Å². The highest BCUT2D eigenvalue weighted by molar-refractivity contribution is 7.89. The van der Waals surface area contributed by atoms with E-state index in [2.05, 4.69) is 9.82 Å². The summed E-state index contributed by atoms with van der Waals surface area (Å²) >= 11 is 0. The molecule has 0 aliphatic rings. The molecule has 0 spiro atoms. The van der Waals surface area contributed by atoms with Crippen LogP contribution in [-0.4, -0.2) is 24.7 Å². The lowest BCUT2D eigenvalue weighted by atomic mass is 10.5. The van der Waals surface area contributed by atoms with Crippen molar-refractivity contribution in [2.45, 2.75) is 11.3 Å². The van der Waals surface area contributed by atoms with Crippen molar-refractivity contribution in [1.82, 2.24) is 14.5 Å². The van der Waals surface area contributed by atoms with E-state index in [0.29, 0.717) is 0 Å². The van der Waals surface area contributed by atoms with Gasteiger partial charge in [0, 0.05) is 26.2 Å². The van der Waals surface area contributed by atoms with E-state index in [4.69, 9.17) is 5.26 Å². The fourth-order valence-electron chi connectivity index (χ4n) is 0.862. The first-order valence-electron chi connectivity index (χ1n) is 3.91. The lowest BCUT2D eigenvalue weighted by Crippen LogP contribution is -2.24. The summed E-state index contributed by atoms with van der Waals surface area (Å²) < 4.78 is 26.6. The standard InChI is InChI=1S/C7H10N4O2S/c1-11-6-7(5-9-11)14(12,13)10-4-2-3-8/h5-6,10H,2,4H2,1H3. The number of hydrogen-bond acceptors (Lipinski definition) is 4. The van der Waals surface area contributed by atoms with Gasteiger partial charge < -0.3 is 0 Å². The Morgan fingerprint density at radius 1 is 1.71 bits per heavy atom. The molecule has 0 saturated carbocycles. The first-order chi connectivity index (χ1) is 6.56. The molecule has 0 radical (unpaired) electrons. The third-order valence-electron chi connectivity index (χ3n) is 1.52. The molecule has 1 aromatic heterocycles. The third-order valence-corrected chi connectivity index (χ3v) is 2.94. The van der Waals surface area contributed by atoms with Gasteiger partial charge >= 0.3 is 0 Å². The Kier molecular flexibility index (Phi) is 3.22. The molecule has 76 valence electrons. The fourth-order valence-corrected chi connectivity index (χ4v) is 1.88. The Morgan fingerprint density at radius 2 is 2.43 bits per heavy atom. The van der Waals surface area contributed by atoms with Crippen LogP contribution >= 0.6 is 0 Å². The van der Waals surface area contributed by atoms with E-state index in [1.807, 2.05) is 6.07 Å². The van der Waals surface area contributed by atoms with Crippen LogP contribution in [0.4, 0.5) is 0 Å². The Labute approximate surface area is 82.2 Å². The Hall–Kier alpha value is -1.39. The molecule has 0 bridgehead atoms. The van der Waals surface area contributed by atoms with Gasteiger partial charge in [-0.3, -0.25) is 4.68 Å². The average Bonchev–Trinajstić information content (AvgIpc) is 2.53. The molecular formula is C7H10N4O2S. The van der Waals surface area contributed by atoms with Gasteiger partial charge in [0.25, 0.3) is 0 Å². The number of nitrogens with one attached hydrogen (secondary N) is 1. The lowest BCUT2D eigenvalue weighted by Gasteiger charge is -2.00. The van der Waals surface area contributed by atoms with E-state index in [9.17, 15) is 8.42 Å². The van der Waals surface area contributed by atoms with Crippen molar-refractivity contribution in [3.05, 3.63) is 12.4 Å². The molecular weight excluding hydrogens is 204 g/mol. The van der Waals surface area contributed by atoms with Gasteiger partial charge in [-0.2, -0.15) is 10.4 Å². The molecule has 1 rings (SSSR count). The summed E-state index contributed by atoms with van der Waals surface area (Å²) in [5, 5.41) is 12.0. The van der Waals surface area contributed by atoms with Crippen LogP contribution in [0.3, 0.4) is 0 Å². The van der Waals surface area contributed by atoms with Crippen LogP contribution in [0.1, 0.15) is 6.42 Å². The monoisotopic (exact) mass is 214 g/mol. The molecule has 0 unspecified atom stereocenters. The number of aromatic nitrogens is 2. The maximum Gasteiger partial charge on any atom is 0.243 e. The fraction of sp³-hybridized carbons (Fsp3) is 0.429. The molecule has 14 heavy (non-hydrogen) atoms. The van der Waals surface area contributed by atoms with Gasteiger partial charge in [-0.25, -0.2) is 13.1 Å². The highest BCUT2D eigenvalue weighted by Crippen LogP contribution is 2.05. The Bertz CT molecular complexity index is 443. The second-order valence-electron chi connectivity index (χ2n) is 2.66. The predicted molar refractivity (Wildman–Crippen MR) is 48.6 cm³/mol. The number of hydrogen-bond donors (Lipinski definition) is 1. The third kappa shape index (κ3) is 2.55. The number of sulfonamides is 1. The molecule has 7 heteroatoms. The topological polar surface area (TPSA) is 87.8 Å². The molecule has 0 aromatic carbocycles. The molecule has 0 atom stereocenters. The zero-order valence-corrected chi connectivity index (χ0v) is 8.45. The first-order valence-corrected chi connectivity index (χ1v) is 5.40. The van der Waals surface area contributed by atoms with E-state index in [1.165, 1.54) is 17.1 Å². The Morgan fingerprint density at radius 3 is 2.93 bits per heavy atom. The largest absolute Gasteiger partial charge is 0.274 e. The molecule has 1 heterocycles. The second-order valence-corrected chi connectivity index (χ2v) is 4.42. The van der Waals surface area contributed by atoms with Crippen LogP contribution in [0.5, 0.6) is 0 Å². The summed E-state index contributed by atoms with van der Waals surface area (Å²) in [5.74, 6) is 0. The SMILES string of the molecule is Cn1cc(S(=O)(=O)NCCC#N)cn1. The zero-order valence-electron chi connectivity index (χ0n) is 7.64. The van der Waals surface area contributed by atoms with E-state index in [1.54, 1.807) is 7.05 Å². The van der Waals surface area contributed by atoms with Gasteiger partial charge in [-0.15, -0.1) is 0 Å². The van der Waals surface area contributed by atoms with E-state index >= 15 is 0 Å². The predicted octanol–water partition coefficient (Wildman–Crippen LogP) is -0.388. The minimum Gasteiger partial charge on any atom is -0.274 e. The second kappa shape index (κ2) is 4.21. The molecule has 0 aliphatic carbocycles. The highest BCUT2D eigenvalue weighted by atomic mass is 32.2. The van der Waals surface area contributed by atoms with Gasteiger partial charge in [0.1, 0.15) is 4.90 Å². The van der Waals surface area contributed by atoms with Gasteiger partial charge in [-0.05, 0) is 0 Å². The van der Waals surface area contributed by atoms with Crippen molar-refractivity contribution in [1.29, 1.82) is 5.26 Å². The summed E-state index contributed by atoms with van der Waals surface area (Å²) in [6.45, 7) is 0.119. The van der Waals surface area contributed by atoms with Crippen LogP contribution in [-0.2, 0) is 17.1 Å². The van der Waals surface area contributed by atoms with Crippen LogP contribution in [0.25, 0.3) is 0 Å². The highest BCUT2D eigenvalue weighted by Gasteiger charge is 2.14. The van der Waals surface area contributed by atoms with Gasteiger partial charge in [-0.1, -0.05) is 0 Å². The van der Waals surface area contributed by atoms with E-state index in [-0.39, 0.29) is 17.9 Å². The van der Waals surface area contributed by atoms with E-state index < -0.39 is 10.0 Å². The van der Waals surface area contributed by atoms with Crippen molar-refractivity contribution in [3.63, 3.8) is 0 Å². The van der Waals surface area contributed by atoms with Crippen LogP contribution < -0.4 is 4.72 Å². The van der Waals surface area contributed by atoms with Gasteiger partial charge in [0.15, 0.2) is 0 Å². The Balaban J connectivity index is 2.72. The molecule has 1 aromatic rings. The summed E-state index contributed by atoms with van der Waals surface area (Å²) in [7, 11) is -1.86. The zero-order chi connectivity index (χ0) is 10.6. The van der Waals surface area contributed by atoms with E-state index in [0.717, 1.165) is 0 Å². The smallest absolute Gasteiger partial charge is 0.243 e. The molecule has 0 saturated heterocycles. The number of nitriles is 1. The van der Waals surface area contributed by atoms with Crippen molar-refractivity contribution < 1.29 is 8.42 Å². The number of nitrogens with zero attached hydrogens (tertiary/aromatic N) is 3. The molecule has 1 N–H and O–H groups in total. The normalized spacial score (nSPS) is 11.1. The maximum atomic E-state index is 11.4. The minimum absolute atomic E-state index is 0.109. The van der Waals surface area contributed by atoms with Crippen molar-refractivity contribution in [3.8, 4) is 6.07 Å². The maximum absolute atomic E-state index is 11.4. The molecule has 0 fully saturated rings. The quantitative estimate of drug-likeness (QED) is 0.691. The van der Waals surface area contributed by atoms with Crippen LogP contribution in [0.2, 0.25) is 0 Å². The van der Waals surface area contributed by atoms with Crippen LogP contribution in [0.15, 0.2) is 17.3 Å². The summed E-state index contributed by atoms with van der Waals surface area (Å²) in [5.41, 5.74) is 0. The van der Waals surface area contributed by atoms with Gasteiger partial charge in [0.05, 0.1) is 12.3 Å². The summed E-state index contributed by atoms with van der Waals surface area (Å²) in [4.78, 5) is 0.109. The summed E-state index contributed by atoms with van der Waals surface area (Å²) in [6.07, 6.45) is 2.81. The first kappa shape index (κ1) is 10.7. The number of aryl methyl sites for hydroxylation is 1. The lowest BCUT2D eigenvalue weighted by molar-refractivity contribution is 0.582. The average molecular weight is 214 g/mol. The summed E-state index contributed by atoms with van der Waals surface area (Å²) in [6, 6.07) is 1.85. The molecule has 6 nitrogen and oxygen atoms in total. The molecule has 0 amide bonds. The van der Waals surface area contributed by atoms with Crippen LogP contribution in [0, 0.1) is 11.3 Å². The van der Waals surface area contributed by atoms with Crippen molar-refractivity contribution in [2.24, 2.45) is 7.05 Å². The molecule has 0 aliphatic heterocycles. The minimum atomic E-state index is -3.50. The van der Waals surface area contributed by atoms with Gasteiger partial charge in [0.2, 0.25) is 10.0 Å².